The normalized spacial score (nSPS) is 27.9. The number of hydrogen-bond donors (Lipinski definition) is 3. The Kier molecular flexibility index (Phi) is 11.0. The number of rotatable bonds is 15. The first-order chi connectivity index (χ1) is 24.5. The molecule has 286 valence electrons. The summed E-state index contributed by atoms with van der Waals surface area (Å²) in [5, 5.41) is 35.0. The molecule has 0 bridgehead atoms. The minimum atomic E-state index is -4.69. The number of pyridine rings is 1. The molecule has 2 aromatic rings. The van der Waals surface area contributed by atoms with Crippen molar-refractivity contribution in [2.24, 2.45) is 10.8 Å². The number of aliphatic hydroxyl groups is 2. The molecule has 52 heavy (non-hydrogen) atoms. The monoisotopic (exact) mass is 790 g/mol. The summed E-state index contributed by atoms with van der Waals surface area (Å²) < 4.78 is 82.1. The smallest absolute Gasteiger partial charge is 0.351 e. The lowest BCUT2D eigenvalue weighted by Gasteiger charge is -2.35. The first-order valence-electron chi connectivity index (χ1n) is 16.9. The van der Waals surface area contributed by atoms with E-state index in [4.69, 9.17) is 34.9 Å². The summed E-state index contributed by atoms with van der Waals surface area (Å²) in [5.74, 6) is -2.19. The van der Waals surface area contributed by atoms with Crippen molar-refractivity contribution in [2.75, 3.05) is 30.1 Å². The highest BCUT2D eigenvalue weighted by Gasteiger charge is 2.48. The van der Waals surface area contributed by atoms with E-state index in [0.717, 1.165) is 12.8 Å². The molecular weight excluding hydrogens is 750 g/mol. The summed E-state index contributed by atoms with van der Waals surface area (Å²) in [6.45, 7) is 1.61. The fraction of sp³-hybridized carbons (Fsp3) is 0.688. The Labute approximate surface area is 304 Å². The third-order valence-electron chi connectivity index (χ3n) is 10.5. The van der Waals surface area contributed by atoms with Crippen LogP contribution in [0, 0.1) is 22.2 Å². The van der Waals surface area contributed by atoms with Crippen LogP contribution in [0.3, 0.4) is 0 Å². The van der Waals surface area contributed by atoms with Crippen LogP contribution < -0.4 is 5.32 Å². The van der Waals surface area contributed by atoms with Crippen LogP contribution in [0.2, 0.25) is 5.15 Å². The number of halogens is 2. The van der Waals surface area contributed by atoms with Crippen molar-refractivity contribution in [3.8, 4) is 6.07 Å². The summed E-state index contributed by atoms with van der Waals surface area (Å²) in [6.07, 6.45) is -1.42. The predicted molar refractivity (Wildman–Crippen MR) is 181 cm³/mol. The average molecular weight is 791 g/mol. The van der Waals surface area contributed by atoms with Gasteiger partial charge in [0.25, 0.3) is 0 Å². The lowest BCUT2D eigenvalue weighted by molar-refractivity contribution is -0.169. The Morgan fingerprint density at radius 2 is 1.69 bits per heavy atom. The molecule has 1 aliphatic heterocycles. The second kappa shape index (κ2) is 14.7. The van der Waals surface area contributed by atoms with Crippen LogP contribution in [0.1, 0.15) is 77.0 Å². The molecule has 0 spiro atoms. The van der Waals surface area contributed by atoms with Crippen LogP contribution in [0.4, 0.5) is 10.1 Å². The van der Waals surface area contributed by atoms with Crippen molar-refractivity contribution in [1.29, 1.82) is 5.26 Å². The Morgan fingerprint density at radius 3 is 2.19 bits per heavy atom. The number of carbonyl (C=O) groups excluding carboxylic acids is 2. The molecule has 4 fully saturated rings. The number of anilines is 1. The third kappa shape index (κ3) is 7.83. The second-order valence-electron chi connectivity index (χ2n) is 14.5. The number of nitrogens with one attached hydrogen (secondary N) is 1. The van der Waals surface area contributed by atoms with Crippen LogP contribution >= 0.6 is 19.2 Å². The molecule has 4 aliphatic rings. The van der Waals surface area contributed by atoms with Crippen LogP contribution in [0.15, 0.2) is 12.3 Å². The Hall–Kier alpha value is -2.88. The van der Waals surface area contributed by atoms with E-state index in [9.17, 15) is 42.4 Å². The molecule has 4 atom stereocenters. The fourth-order valence-electron chi connectivity index (χ4n) is 6.71. The molecule has 3 heterocycles. The minimum Gasteiger partial charge on any atom is -0.438 e. The number of ether oxygens (including phenoxy) is 3. The van der Waals surface area contributed by atoms with Crippen molar-refractivity contribution in [2.45, 2.75) is 102 Å². The summed E-state index contributed by atoms with van der Waals surface area (Å²) in [5.41, 5.74) is -2.29. The van der Waals surface area contributed by atoms with Gasteiger partial charge in [-0.15, -0.1) is 0 Å². The number of esters is 2. The first-order valence-corrected chi connectivity index (χ1v) is 20.8. The molecular formula is C32H41ClFN4O12PS. The maximum atomic E-state index is 13.8. The standard InChI is InChI=1S/C32H41ClFN4O12PS/c1-31(6-3-7-31)29(41)46-15-48-51(43,49-16-47-30(42)32(2)8-4-9-32)17-52(44,45)14-22-24(39)25(40)28(50-22)38-10-5-20-23(36-19-11-18(34)12-19)21(13-35)26(33)37-27(20)38/h5,10,18-19,22,24-25,28,39-40H,3-4,6-9,11-12,14-17H2,1-2H3,(H,36,37)/t18?,19?,22-,24-,25-,28-/m1/s1. The van der Waals surface area contributed by atoms with Gasteiger partial charge < -0.3 is 34.3 Å². The van der Waals surface area contributed by atoms with Crippen molar-refractivity contribution in [3.63, 3.8) is 0 Å². The summed E-state index contributed by atoms with van der Waals surface area (Å²) in [7, 11) is -9.20. The van der Waals surface area contributed by atoms with E-state index in [-0.39, 0.29) is 35.2 Å². The molecule has 3 aliphatic carbocycles. The lowest BCUT2D eigenvalue weighted by Crippen LogP contribution is -2.37. The number of nitrogens with zero attached hydrogens (tertiary/aromatic N) is 3. The van der Waals surface area contributed by atoms with Gasteiger partial charge in [-0.3, -0.25) is 23.2 Å². The highest BCUT2D eigenvalue weighted by Crippen LogP contribution is 2.51. The topological polar surface area (TPSA) is 226 Å². The van der Waals surface area contributed by atoms with Crippen molar-refractivity contribution in [3.05, 3.63) is 23.0 Å². The van der Waals surface area contributed by atoms with E-state index in [1.54, 1.807) is 19.9 Å². The van der Waals surface area contributed by atoms with Gasteiger partial charge in [0.15, 0.2) is 26.7 Å². The largest absolute Gasteiger partial charge is 0.438 e. The quantitative estimate of drug-likeness (QED) is 0.100. The zero-order chi connectivity index (χ0) is 37.6. The summed E-state index contributed by atoms with van der Waals surface area (Å²) in [6, 6.07) is 3.29. The first kappa shape index (κ1) is 38.8. The van der Waals surface area contributed by atoms with Gasteiger partial charge in [-0.25, -0.2) is 17.8 Å². The van der Waals surface area contributed by atoms with E-state index < -0.39 is 95.7 Å². The summed E-state index contributed by atoms with van der Waals surface area (Å²) >= 11 is 6.33. The van der Waals surface area contributed by atoms with Gasteiger partial charge in [-0.1, -0.05) is 24.4 Å². The minimum absolute atomic E-state index is 0.0268. The van der Waals surface area contributed by atoms with E-state index in [2.05, 4.69) is 10.3 Å². The molecule has 0 amide bonds. The van der Waals surface area contributed by atoms with E-state index in [1.807, 2.05) is 6.07 Å². The van der Waals surface area contributed by atoms with Gasteiger partial charge in [0.2, 0.25) is 13.6 Å². The number of fused-ring (bicyclic) bond motifs is 1. The van der Waals surface area contributed by atoms with Crippen molar-refractivity contribution in [1.82, 2.24) is 9.55 Å². The van der Waals surface area contributed by atoms with Crippen LogP contribution in [-0.2, 0) is 47.2 Å². The maximum absolute atomic E-state index is 13.8. The zero-order valence-electron chi connectivity index (χ0n) is 28.5. The highest BCUT2D eigenvalue weighted by molar-refractivity contribution is 7.97. The van der Waals surface area contributed by atoms with Gasteiger partial charge in [0.1, 0.15) is 41.8 Å². The van der Waals surface area contributed by atoms with Gasteiger partial charge in [-0.2, -0.15) is 5.26 Å². The van der Waals surface area contributed by atoms with E-state index >= 15 is 0 Å². The Bertz CT molecular complexity index is 1870. The van der Waals surface area contributed by atoms with Gasteiger partial charge >= 0.3 is 19.5 Å². The zero-order valence-corrected chi connectivity index (χ0v) is 31.0. The molecule has 3 N–H and O–H groups in total. The number of alkyl halides is 1. The van der Waals surface area contributed by atoms with Crippen LogP contribution in [-0.4, -0.2) is 95.5 Å². The van der Waals surface area contributed by atoms with Gasteiger partial charge in [-0.05, 0) is 58.4 Å². The molecule has 0 radical (unpaired) electrons. The number of hydrogen-bond acceptors (Lipinski definition) is 15. The molecule has 2 aromatic heterocycles. The molecule has 20 heteroatoms. The Morgan fingerprint density at radius 1 is 1.12 bits per heavy atom. The number of aromatic nitrogens is 2. The average Bonchev–Trinajstić information content (AvgIpc) is 3.56. The van der Waals surface area contributed by atoms with Crippen LogP contribution in [0.25, 0.3) is 11.0 Å². The lowest BCUT2D eigenvalue weighted by atomic mass is 9.70. The van der Waals surface area contributed by atoms with Gasteiger partial charge in [0, 0.05) is 17.6 Å². The second-order valence-corrected chi connectivity index (χ2v) is 19.5. The number of nitriles is 1. The third-order valence-corrected chi connectivity index (χ3v) is 15.5. The Balaban J connectivity index is 1.15. The molecule has 1 saturated heterocycles. The maximum Gasteiger partial charge on any atom is 0.351 e. The van der Waals surface area contributed by atoms with Crippen molar-refractivity contribution >= 4 is 57.7 Å². The summed E-state index contributed by atoms with van der Waals surface area (Å²) in [4.78, 5) is 29.3. The number of sulfone groups is 1. The van der Waals surface area contributed by atoms with Crippen molar-refractivity contribution < 1.29 is 60.4 Å². The molecule has 0 aromatic carbocycles. The number of aliphatic hydroxyl groups excluding tert-OH is 2. The molecule has 3 saturated carbocycles. The van der Waals surface area contributed by atoms with Gasteiger partial charge in [0.05, 0.1) is 22.3 Å². The van der Waals surface area contributed by atoms with E-state index in [0.29, 0.717) is 36.8 Å². The molecule has 16 nitrogen and oxygen atoms in total. The highest BCUT2D eigenvalue weighted by atomic mass is 35.5. The molecule has 0 unspecified atom stereocenters. The number of carbonyl (C=O) groups is 2. The van der Waals surface area contributed by atoms with Crippen LogP contribution in [0.5, 0.6) is 0 Å². The molecule has 6 rings (SSSR count). The fourth-order valence-corrected chi connectivity index (χ4v) is 11.1. The predicted octanol–water partition coefficient (Wildman–Crippen LogP) is 4.07. The SMILES string of the molecule is CC1(C(=O)OCOP(=O)(CS(=O)(=O)C[C@H]2O[C@@H](n3ccc4c(NC5CC(F)C5)c(C#N)c(Cl)nc43)[C@H](O)[C@@H]2O)OCOC(=O)C2(C)CCC2)CCC1. The van der Waals surface area contributed by atoms with E-state index in [1.165, 1.54) is 10.8 Å².